The molecule has 0 radical (unpaired) electrons. The van der Waals surface area contributed by atoms with E-state index in [9.17, 15) is 13.6 Å². The molecule has 2 aliphatic heterocycles. The molecule has 1 amide bonds. The van der Waals surface area contributed by atoms with Gasteiger partial charge in [0.25, 0.3) is 5.92 Å². The van der Waals surface area contributed by atoms with E-state index in [1.807, 2.05) is 11.5 Å². The number of hydrogen-bond acceptors (Lipinski definition) is 2. The van der Waals surface area contributed by atoms with Gasteiger partial charge in [-0.2, -0.15) is 0 Å². The van der Waals surface area contributed by atoms with Crippen molar-refractivity contribution in [3.63, 3.8) is 0 Å². The van der Waals surface area contributed by atoms with Gasteiger partial charge in [0.05, 0.1) is 18.8 Å². The number of fused-ring (bicyclic) bond motifs is 1. The van der Waals surface area contributed by atoms with Crippen LogP contribution in [0.2, 0.25) is 0 Å². The van der Waals surface area contributed by atoms with Crippen molar-refractivity contribution in [2.24, 2.45) is 5.92 Å². The fraction of sp³-hybridized carbons (Fsp3) is 0.714. The maximum Gasteiger partial charge on any atom is 0.265 e. The SMILES string of the molecule is CC1CCC(F)(F)CN1C(=O)C1CCc2cncn2C1. The number of carbonyl (C=O) groups excluding carboxylic acids is 1. The van der Waals surface area contributed by atoms with E-state index in [0.717, 1.165) is 18.5 Å². The predicted octanol–water partition coefficient (Wildman–Crippen LogP) is 2.09. The Hall–Kier alpha value is -1.46. The van der Waals surface area contributed by atoms with E-state index in [4.69, 9.17) is 0 Å². The second-order valence-corrected chi connectivity index (χ2v) is 5.98. The molecule has 0 saturated carbocycles. The highest BCUT2D eigenvalue weighted by Gasteiger charge is 2.42. The first-order chi connectivity index (χ1) is 9.46. The Labute approximate surface area is 116 Å². The quantitative estimate of drug-likeness (QED) is 0.791. The summed E-state index contributed by atoms with van der Waals surface area (Å²) in [6.45, 7) is 1.99. The maximum absolute atomic E-state index is 13.5. The smallest absolute Gasteiger partial charge is 0.265 e. The molecule has 3 heterocycles. The van der Waals surface area contributed by atoms with Crippen molar-refractivity contribution in [2.75, 3.05) is 6.54 Å². The van der Waals surface area contributed by atoms with Crippen molar-refractivity contribution in [1.82, 2.24) is 14.5 Å². The van der Waals surface area contributed by atoms with Crippen LogP contribution in [0.15, 0.2) is 12.5 Å². The number of rotatable bonds is 1. The number of aromatic nitrogens is 2. The van der Waals surface area contributed by atoms with Gasteiger partial charge in [0.2, 0.25) is 5.91 Å². The summed E-state index contributed by atoms with van der Waals surface area (Å²) in [5, 5.41) is 0. The Morgan fingerprint density at radius 2 is 2.25 bits per heavy atom. The van der Waals surface area contributed by atoms with Crippen LogP contribution in [0.1, 0.15) is 31.9 Å². The molecule has 1 aromatic rings. The number of aryl methyl sites for hydroxylation is 1. The fourth-order valence-electron chi connectivity index (χ4n) is 3.16. The summed E-state index contributed by atoms with van der Waals surface area (Å²) in [7, 11) is 0. The van der Waals surface area contributed by atoms with Crippen molar-refractivity contribution >= 4 is 5.91 Å². The number of piperidine rings is 1. The van der Waals surface area contributed by atoms with Gasteiger partial charge >= 0.3 is 0 Å². The van der Waals surface area contributed by atoms with Crippen LogP contribution in [0.4, 0.5) is 8.78 Å². The third-order valence-corrected chi connectivity index (χ3v) is 4.46. The van der Waals surface area contributed by atoms with Gasteiger partial charge in [-0.3, -0.25) is 4.79 Å². The number of carbonyl (C=O) groups is 1. The van der Waals surface area contributed by atoms with Gasteiger partial charge in [0.15, 0.2) is 0 Å². The molecule has 0 aromatic carbocycles. The van der Waals surface area contributed by atoms with Crippen molar-refractivity contribution in [3.8, 4) is 0 Å². The van der Waals surface area contributed by atoms with Gasteiger partial charge < -0.3 is 9.47 Å². The van der Waals surface area contributed by atoms with Crippen molar-refractivity contribution in [1.29, 1.82) is 0 Å². The third-order valence-electron chi connectivity index (χ3n) is 4.46. The van der Waals surface area contributed by atoms with E-state index < -0.39 is 12.5 Å². The first-order valence-corrected chi connectivity index (χ1v) is 7.13. The van der Waals surface area contributed by atoms with Crippen LogP contribution < -0.4 is 0 Å². The summed E-state index contributed by atoms with van der Waals surface area (Å²) in [6, 6.07) is -0.0914. The Balaban J connectivity index is 1.73. The molecule has 0 spiro atoms. The van der Waals surface area contributed by atoms with Gasteiger partial charge in [0, 0.05) is 30.9 Å². The Morgan fingerprint density at radius 1 is 1.45 bits per heavy atom. The van der Waals surface area contributed by atoms with Gasteiger partial charge in [-0.1, -0.05) is 0 Å². The number of halogens is 2. The molecule has 2 unspecified atom stereocenters. The molecule has 4 nitrogen and oxygen atoms in total. The second-order valence-electron chi connectivity index (χ2n) is 5.98. The molecule has 1 saturated heterocycles. The Bertz CT molecular complexity index is 514. The fourth-order valence-corrected chi connectivity index (χ4v) is 3.16. The largest absolute Gasteiger partial charge is 0.334 e. The van der Waals surface area contributed by atoms with Gasteiger partial charge in [-0.15, -0.1) is 0 Å². The average Bonchev–Trinajstić information content (AvgIpc) is 2.88. The zero-order chi connectivity index (χ0) is 14.3. The lowest BCUT2D eigenvalue weighted by atomic mass is 9.93. The molecule has 2 aliphatic rings. The average molecular weight is 283 g/mol. The molecule has 6 heteroatoms. The van der Waals surface area contributed by atoms with Crippen LogP contribution in [0, 0.1) is 5.92 Å². The third kappa shape index (κ3) is 2.43. The number of hydrogen-bond donors (Lipinski definition) is 0. The zero-order valence-corrected chi connectivity index (χ0v) is 11.6. The Morgan fingerprint density at radius 3 is 3.05 bits per heavy atom. The molecular weight excluding hydrogens is 264 g/mol. The highest BCUT2D eigenvalue weighted by Crippen LogP contribution is 2.32. The molecule has 3 rings (SSSR count). The predicted molar refractivity (Wildman–Crippen MR) is 69.4 cm³/mol. The monoisotopic (exact) mass is 283 g/mol. The van der Waals surface area contributed by atoms with Crippen LogP contribution >= 0.6 is 0 Å². The molecule has 0 bridgehead atoms. The topological polar surface area (TPSA) is 38.1 Å². The van der Waals surface area contributed by atoms with Crippen molar-refractivity contribution in [2.45, 2.75) is 51.1 Å². The molecule has 1 fully saturated rings. The lowest BCUT2D eigenvalue weighted by Gasteiger charge is -2.40. The van der Waals surface area contributed by atoms with E-state index >= 15 is 0 Å². The summed E-state index contributed by atoms with van der Waals surface area (Å²) in [5.74, 6) is -3.07. The van der Waals surface area contributed by atoms with Crippen molar-refractivity contribution < 1.29 is 13.6 Å². The van der Waals surface area contributed by atoms with E-state index in [1.54, 1.807) is 12.5 Å². The minimum Gasteiger partial charge on any atom is -0.334 e. The van der Waals surface area contributed by atoms with E-state index in [1.165, 1.54) is 4.90 Å². The normalized spacial score (nSPS) is 29.1. The molecule has 1 aromatic heterocycles. The van der Waals surface area contributed by atoms with E-state index in [0.29, 0.717) is 13.0 Å². The summed E-state index contributed by atoms with van der Waals surface area (Å²) < 4.78 is 29.0. The lowest BCUT2D eigenvalue weighted by molar-refractivity contribution is -0.151. The summed E-state index contributed by atoms with van der Waals surface area (Å²) in [4.78, 5) is 18.0. The highest BCUT2D eigenvalue weighted by molar-refractivity contribution is 5.79. The van der Waals surface area contributed by atoms with E-state index in [-0.39, 0.29) is 24.3 Å². The summed E-state index contributed by atoms with van der Waals surface area (Å²) in [5.41, 5.74) is 1.12. The number of nitrogens with zero attached hydrogens (tertiary/aromatic N) is 3. The van der Waals surface area contributed by atoms with Crippen LogP contribution in [0.3, 0.4) is 0 Å². The molecule has 0 aliphatic carbocycles. The first-order valence-electron chi connectivity index (χ1n) is 7.13. The number of amides is 1. The minimum absolute atomic E-state index is 0.0914. The Kier molecular flexibility index (Phi) is 3.26. The van der Waals surface area contributed by atoms with Gasteiger partial charge in [0.1, 0.15) is 0 Å². The molecule has 20 heavy (non-hydrogen) atoms. The van der Waals surface area contributed by atoms with Crippen LogP contribution in [0.5, 0.6) is 0 Å². The molecule has 0 N–H and O–H groups in total. The second kappa shape index (κ2) is 4.82. The molecule has 2 atom stereocenters. The maximum atomic E-state index is 13.5. The van der Waals surface area contributed by atoms with Crippen LogP contribution in [0.25, 0.3) is 0 Å². The van der Waals surface area contributed by atoms with Crippen molar-refractivity contribution in [3.05, 3.63) is 18.2 Å². The molecule has 110 valence electrons. The first kappa shape index (κ1) is 13.5. The highest BCUT2D eigenvalue weighted by atomic mass is 19.3. The number of alkyl halides is 2. The zero-order valence-electron chi connectivity index (χ0n) is 11.6. The van der Waals surface area contributed by atoms with Crippen LogP contribution in [-0.4, -0.2) is 38.9 Å². The minimum atomic E-state index is -2.74. The summed E-state index contributed by atoms with van der Waals surface area (Å²) >= 11 is 0. The van der Waals surface area contributed by atoms with E-state index in [2.05, 4.69) is 4.98 Å². The lowest BCUT2D eigenvalue weighted by Crippen LogP contribution is -2.53. The number of likely N-dealkylation sites (tertiary alicyclic amines) is 1. The number of imidazole rings is 1. The standard InChI is InChI=1S/C14H19F2N3O/c1-10-4-5-14(15,16)8-19(10)13(20)11-2-3-12-6-17-9-18(12)7-11/h6,9-11H,2-5,7-8H2,1H3. The molecular formula is C14H19F2N3O. The van der Waals surface area contributed by atoms with Gasteiger partial charge in [-0.05, 0) is 26.2 Å². The van der Waals surface area contributed by atoms with Gasteiger partial charge in [-0.25, -0.2) is 13.8 Å². The van der Waals surface area contributed by atoms with Crippen LogP contribution in [-0.2, 0) is 17.8 Å². The summed E-state index contributed by atoms with van der Waals surface area (Å²) in [6.07, 6.45) is 5.28.